The summed E-state index contributed by atoms with van der Waals surface area (Å²) in [7, 11) is 0. The van der Waals surface area contributed by atoms with E-state index in [-0.39, 0.29) is 0 Å². The Hall–Kier alpha value is -1.39. The van der Waals surface area contributed by atoms with Gasteiger partial charge >= 0.3 is 0 Å². The SMILES string of the molecule is CCNc1cc(CN(Cc2cccs2)C2CC2)ccn1. The van der Waals surface area contributed by atoms with Crippen LogP contribution in [-0.4, -0.2) is 22.5 Å². The molecule has 0 bridgehead atoms. The maximum atomic E-state index is 4.35. The molecule has 2 heterocycles. The van der Waals surface area contributed by atoms with Crippen LogP contribution >= 0.6 is 11.3 Å². The molecule has 1 saturated carbocycles. The fourth-order valence-electron chi connectivity index (χ4n) is 2.44. The average molecular weight is 287 g/mol. The van der Waals surface area contributed by atoms with E-state index < -0.39 is 0 Å². The van der Waals surface area contributed by atoms with Crippen LogP contribution in [0.4, 0.5) is 5.82 Å². The first kappa shape index (κ1) is 13.6. The quantitative estimate of drug-likeness (QED) is 0.841. The molecule has 106 valence electrons. The molecule has 0 radical (unpaired) electrons. The van der Waals surface area contributed by atoms with Crippen LogP contribution in [0.15, 0.2) is 35.8 Å². The first-order chi connectivity index (χ1) is 9.85. The third-order valence-corrected chi connectivity index (χ3v) is 4.43. The first-order valence-corrected chi connectivity index (χ1v) is 8.18. The number of anilines is 1. The molecule has 1 N–H and O–H groups in total. The number of thiophene rings is 1. The number of hydrogen-bond acceptors (Lipinski definition) is 4. The van der Waals surface area contributed by atoms with Crippen molar-refractivity contribution in [1.29, 1.82) is 0 Å². The highest BCUT2D eigenvalue weighted by Gasteiger charge is 2.29. The lowest BCUT2D eigenvalue weighted by Gasteiger charge is -2.21. The van der Waals surface area contributed by atoms with Gasteiger partial charge in [0.05, 0.1) is 0 Å². The van der Waals surface area contributed by atoms with Gasteiger partial charge in [-0.25, -0.2) is 4.98 Å². The second-order valence-corrected chi connectivity index (χ2v) is 6.33. The Morgan fingerprint density at radius 3 is 2.95 bits per heavy atom. The number of hydrogen-bond donors (Lipinski definition) is 1. The van der Waals surface area contributed by atoms with Gasteiger partial charge in [-0.1, -0.05) is 6.07 Å². The Morgan fingerprint density at radius 2 is 2.25 bits per heavy atom. The van der Waals surface area contributed by atoms with Crippen molar-refractivity contribution >= 4 is 17.2 Å². The van der Waals surface area contributed by atoms with Gasteiger partial charge in [0.25, 0.3) is 0 Å². The zero-order valence-corrected chi connectivity index (χ0v) is 12.7. The maximum Gasteiger partial charge on any atom is 0.126 e. The van der Waals surface area contributed by atoms with E-state index in [9.17, 15) is 0 Å². The second-order valence-electron chi connectivity index (χ2n) is 5.30. The van der Waals surface area contributed by atoms with Gasteiger partial charge in [-0.2, -0.15) is 0 Å². The van der Waals surface area contributed by atoms with Crippen molar-refractivity contribution in [2.75, 3.05) is 11.9 Å². The molecule has 4 heteroatoms. The highest BCUT2D eigenvalue weighted by Crippen LogP contribution is 2.30. The van der Waals surface area contributed by atoms with Crippen molar-refractivity contribution in [2.45, 2.75) is 38.9 Å². The highest BCUT2D eigenvalue weighted by atomic mass is 32.1. The van der Waals surface area contributed by atoms with Gasteiger partial charge in [0.15, 0.2) is 0 Å². The first-order valence-electron chi connectivity index (χ1n) is 7.30. The lowest BCUT2D eigenvalue weighted by atomic mass is 10.2. The number of nitrogens with zero attached hydrogens (tertiary/aromatic N) is 2. The fraction of sp³-hybridized carbons (Fsp3) is 0.438. The van der Waals surface area contributed by atoms with Crippen LogP contribution in [0.3, 0.4) is 0 Å². The Balaban J connectivity index is 1.68. The molecule has 0 aromatic carbocycles. The predicted octanol–water partition coefficient (Wildman–Crippen LogP) is 3.74. The Morgan fingerprint density at radius 1 is 1.35 bits per heavy atom. The van der Waals surface area contributed by atoms with E-state index in [1.165, 1.54) is 23.3 Å². The summed E-state index contributed by atoms with van der Waals surface area (Å²) in [6.07, 6.45) is 4.59. The van der Waals surface area contributed by atoms with Gasteiger partial charge in [-0.05, 0) is 48.9 Å². The molecular formula is C16H21N3S. The minimum Gasteiger partial charge on any atom is -0.370 e. The van der Waals surface area contributed by atoms with Crippen LogP contribution in [0.25, 0.3) is 0 Å². The van der Waals surface area contributed by atoms with Crippen molar-refractivity contribution in [3.8, 4) is 0 Å². The highest BCUT2D eigenvalue weighted by molar-refractivity contribution is 7.09. The van der Waals surface area contributed by atoms with E-state index in [0.717, 1.165) is 31.5 Å². The number of nitrogens with one attached hydrogen (secondary N) is 1. The maximum absolute atomic E-state index is 4.35. The van der Waals surface area contributed by atoms with Crippen LogP contribution in [-0.2, 0) is 13.1 Å². The molecule has 0 amide bonds. The van der Waals surface area contributed by atoms with E-state index >= 15 is 0 Å². The Kier molecular flexibility index (Phi) is 4.33. The van der Waals surface area contributed by atoms with Gasteiger partial charge < -0.3 is 5.32 Å². The summed E-state index contributed by atoms with van der Waals surface area (Å²) in [4.78, 5) is 8.40. The summed E-state index contributed by atoms with van der Waals surface area (Å²) >= 11 is 1.85. The largest absolute Gasteiger partial charge is 0.370 e. The third kappa shape index (κ3) is 3.58. The molecule has 0 aliphatic heterocycles. The normalized spacial score (nSPS) is 14.7. The van der Waals surface area contributed by atoms with Crippen molar-refractivity contribution in [3.63, 3.8) is 0 Å². The zero-order chi connectivity index (χ0) is 13.8. The minimum absolute atomic E-state index is 0.771. The van der Waals surface area contributed by atoms with Gasteiger partial charge in [0.2, 0.25) is 0 Å². The summed E-state index contributed by atoms with van der Waals surface area (Å²) in [5, 5.41) is 5.45. The molecule has 2 aromatic rings. The van der Waals surface area contributed by atoms with Gasteiger partial charge in [0.1, 0.15) is 5.82 Å². The van der Waals surface area contributed by atoms with Crippen molar-refractivity contribution in [3.05, 3.63) is 46.3 Å². The van der Waals surface area contributed by atoms with Crippen molar-refractivity contribution in [2.24, 2.45) is 0 Å². The Bertz CT molecular complexity index is 534. The smallest absolute Gasteiger partial charge is 0.126 e. The van der Waals surface area contributed by atoms with E-state index in [0.29, 0.717) is 0 Å². The number of rotatable bonds is 7. The summed E-state index contributed by atoms with van der Waals surface area (Å²) in [6.45, 7) is 5.10. The second kappa shape index (κ2) is 6.37. The van der Waals surface area contributed by atoms with Crippen LogP contribution in [0, 0.1) is 0 Å². The van der Waals surface area contributed by atoms with Crippen molar-refractivity contribution in [1.82, 2.24) is 9.88 Å². The molecular weight excluding hydrogens is 266 g/mol. The van der Waals surface area contributed by atoms with Gasteiger partial charge in [-0.3, -0.25) is 4.90 Å². The standard InChI is InChI=1S/C16H21N3S/c1-2-17-16-10-13(7-8-18-16)11-19(14-5-6-14)12-15-4-3-9-20-15/h3-4,7-10,14H,2,5-6,11-12H2,1H3,(H,17,18). The summed E-state index contributed by atoms with van der Waals surface area (Å²) in [5.74, 6) is 0.983. The minimum atomic E-state index is 0.771. The molecule has 0 unspecified atom stereocenters. The third-order valence-electron chi connectivity index (χ3n) is 3.57. The molecule has 0 atom stereocenters. The molecule has 20 heavy (non-hydrogen) atoms. The Labute approximate surface area is 124 Å². The average Bonchev–Trinajstić information content (AvgIpc) is 3.18. The molecule has 1 aliphatic rings. The van der Waals surface area contributed by atoms with E-state index in [2.05, 4.69) is 51.8 Å². The summed E-state index contributed by atoms with van der Waals surface area (Å²) < 4.78 is 0. The number of aromatic nitrogens is 1. The monoisotopic (exact) mass is 287 g/mol. The molecule has 1 aliphatic carbocycles. The molecule has 1 fully saturated rings. The van der Waals surface area contributed by atoms with E-state index in [1.54, 1.807) is 0 Å². The molecule has 2 aromatic heterocycles. The predicted molar refractivity (Wildman–Crippen MR) is 85.0 cm³/mol. The van der Waals surface area contributed by atoms with E-state index in [1.807, 2.05) is 17.5 Å². The molecule has 3 rings (SSSR count). The fourth-order valence-corrected chi connectivity index (χ4v) is 3.17. The number of pyridine rings is 1. The van der Waals surface area contributed by atoms with Crippen LogP contribution < -0.4 is 5.32 Å². The van der Waals surface area contributed by atoms with Crippen LogP contribution in [0.2, 0.25) is 0 Å². The molecule has 0 saturated heterocycles. The van der Waals surface area contributed by atoms with Crippen LogP contribution in [0.1, 0.15) is 30.2 Å². The lowest BCUT2D eigenvalue weighted by molar-refractivity contribution is 0.248. The van der Waals surface area contributed by atoms with Crippen molar-refractivity contribution < 1.29 is 0 Å². The van der Waals surface area contributed by atoms with Gasteiger partial charge in [-0.15, -0.1) is 11.3 Å². The zero-order valence-electron chi connectivity index (χ0n) is 11.9. The topological polar surface area (TPSA) is 28.2 Å². The molecule has 0 spiro atoms. The summed E-state index contributed by atoms with van der Waals surface area (Å²) in [6, 6.07) is 9.45. The van der Waals surface area contributed by atoms with Crippen LogP contribution in [0.5, 0.6) is 0 Å². The molecule has 3 nitrogen and oxygen atoms in total. The van der Waals surface area contributed by atoms with E-state index in [4.69, 9.17) is 0 Å². The summed E-state index contributed by atoms with van der Waals surface area (Å²) in [5.41, 5.74) is 1.35. The van der Waals surface area contributed by atoms with Gasteiger partial charge in [0, 0.05) is 36.8 Å². The lowest BCUT2D eigenvalue weighted by Crippen LogP contribution is -2.24.